The number of ether oxygens (including phenoxy) is 2. The number of hydrogen-bond acceptors (Lipinski definition) is 7. The quantitative estimate of drug-likeness (QED) is 0.554. The summed E-state index contributed by atoms with van der Waals surface area (Å²) in [6.45, 7) is 0.978. The molecule has 0 atom stereocenters. The van der Waals surface area contributed by atoms with Gasteiger partial charge in [0, 0.05) is 35.8 Å². The van der Waals surface area contributed by atoms with Gasteiger partial charge in [0.1, 0.15) is 10.6 Å². The molecular formula is C21H20ClN3O6S. The number of carboxylic acid groups (broad SMARTS) is 1. The lowest BCUT2D eigenvalue weighted by molar-refractivity contribution is 0.0698. The van der Waals surface area contributed by atoms with Crippen molar-refractivity contribution < 1.29 is 27.8 Å². The fraction of sp³-hybridized carbons (Fsp3) is 0.238. The molecule has 11 heteroatoms. The van der Waals surface area contributed by atoms with E-state index in [0.717, 1.165) is 0 Å². The number of benzene rings is 2. The highest BCUT2D eigenvalue weighted by Gasteiger charge is 2.30. The van der Waals surface area contributed by atoms with Crippen LogP contribution < -0.4 is 10.1 Å². The van der Waals surface area contributed by atoms with Gasteiger partial charge >= 0.3 is 5.97 Å². The molecule has 0 spiro atoms. The first-order valence-electron chi connectivity index (χ1n) is 9.66. The number of nitrogens with zero attached hydrogens (tertiary/aromatic N) is 2. The largest absolute Gasteiger partial charge is 0.497 e. The summed E-state index contributed by atoms with van der Waals surface area (Å²) in [5.74, 6) is -0.768. The molecule has 0 amide bonds. The Morgan fingerprint density at radius 3 is 2.66 bits per heavy atom. The lowest BCUT2D eigenvalue weighted by Gasteiger charge is -2.27. The van der Waals surface area contributed by atoms with Crippen LogP contribution in [0.3, 0.4) is 0 Å². The average molecular weight is 478 g/mol. The second kappa shape index (κ2) is 8.91. The number of sulfonamides is 1. The van der Waals surface area contributed by atoms with Gasteiger partial charge in [0.05, 0.1) is 42.8 Å². The first-order valence-corrected chi connectivity index (χ1v) is 11.5. The van der Waals surface area contributed by atoms with Crippen molar-refractivity contribution in [3.63, 3.8) is 0 Å². The number of fused-ring (bicyclic) bond motifs is 1. The molecule has 1 saturated heterocycles. The number of nitrogens with one attached hydrogen (secondary N) is 1. The van der Waals surface area contributed by atoms with Gasteiger partial charge in [-0.15, -0.1) is 0 Å². The van der Waals surface area contributed by atoms with E-state index in [1.807, 2.05) is 0 Å². The van der Waals surface area contributed by atoms with Crippen molar-refractivity contribution in [1.29, 1.82) is 0 Å². The summed E-state index contributed by atoms with van der Waals surface area (Å²) in [5, 5.41) is 13.5. The van der Waals surface area contributed by atoms with Crippen molar-refractivity contribution >= 4 is 49.9 Å². The minimum Gasteiger partial charge on any atom is -0.497 e. The number of methoxy groups -OCH3 is 1. The van der Waals surface area contributed by atoms with Crippen LogP contribution in [0.4, 0.5) is 11.4 Å². The van der Waals surface area contributed by atoms with E-state index in [2.05, 4.69) is 10.3 Å². The Kier molecular flexibility index (Phi) is 6.20. The predicted molar refractivity (Wildman–Crippen MR) is 120 cm³/mol. The van der Waals surface area contributed by atoms with Crippen molar-refractivity contribution in [3.05, 3.63) is 53.2 Å². The number of morpholine rings is 1. The summed E-state index contributed by atoms with van der Waals surface area (Å²) in [7, 11) is -2.51. The molecule has 1 aliphatic heterocycles. The van der Waals surface area contributed by atoms with Crippen LogP contribution in [0.5, 0.6) is 5.75 Å². The van der Waals surface area contributed by atoms with Crippen molar-refractivity contribution in [3.8, 4) is 5.75 Å². The van der Waals surface area contributed by atoms with Crippen LogP contribution in [-0.4, -0.2) is 62.2 Å². The second-order valence-corrected chi connectivity index (χ2v) is 9.36. The molecule has 2 N–H and O–H groups in total. The SMILES string of the molecule is COc1ccc(C(=O)O)c(Nc2c(S(=O)(=O)N3CCOCC3)cnc3ccc(Cl)cc23)c1. The number of carboxylic acids is 1. The third-order valence-electron chi connectivity index (χ3n) is 5.10. The number of carbonyl (C=O) groups is 1. The van der Waals surface area contributed by atoms with Gasteiger partial charge in [0.15, 0.2) is 0 Å². The van der Waals surface area contributed by atoms with Gasteiger partial charge in [0.2, 0.25) is 10.0 Å². The number of aromatic carboxylic acids is 1. The number of rotatable bonds is 6. The Bertz CT molecular complexity index is 1290. The van der Waals surface area contributed by atoms with Gasteiger partial charge in [-0.05, 0) is 30.3 Å². The van der Waals surface area contributed by atoms with Gasteiger partial charge in [0.25, 0.3) is 0 Å². The van der Waals surface area contributed by atoms with Gasteiger partial charge in [-0.2, -0.15) is 4.31 Å². The number of pyridine rings is 1. The molecule has 1 aromatic heterocycles. The summed E-state index contributed by atoms with van der Waals surface area (Å²) in [4.78, 5) is 16.0. The normalized spacial score (nSPS) is 14.9. The van der Waals surface area contributed by atoms with Gasteiger partial charge in [-0.1, -0.05) is 11.6 Å². The Morgan fingerprint density at radius 2 is 1.97 bits per heavy atom. The Labute approximate surface area is 189 Å². The molecule has 0 radical (unpaired) electrons. The lowest BCUT2D eigenvalue weighted by atomic mass is 10.1. The lowest BCUT2D eigenvalue weighted by Crippen LogP contribution is -2.40. The summed E-state index contributed by atoms with van der Waals surface area (Å²) in [6.07, 6.45) is 1.27. The van der Waals surface area contributed by atoms with E-state index in [1.165, 1.54) is 35.8 Å². The van der Waals surface area contributed by atoms with Gasteiger partial charge < -0.3 is 19.9 Å². The molecule has 168 valence electrons. The minimum absolute atomic E-state index is 0.0486. The van der Waals surface area contributed by atoms with Crippen LogP contribution >= 0.6 is 11.6 Å². The molecule has 2 aromatic carbocycles. The number of anilines is 2. The molecule has 0 saturated carbocycles. The molecule has 2 heterocycles. The number of halogens is 1. The fourth-order valence-electron chi connectivity index (χ4n) is 3.47. The average Bonchev–Trinajstić information content (AvgIpc) is 2.79. The van der Waals surface area contributed by atoms with Gasteiger partial charge in [-0.3, -0.25) is 4.98 Å². The highest BCUT2D eigenvalue weighted by atomic mass is 35.5. The summed E-state index contributed by atoms with van der Waals surface area (Å²) in [6, 6.07) is 9.29. The van der Waals surface area contributed by atoms with Crippen LogP contribution in [0.15, 0.2) is 47.5 Å². The first kappa shape index (κ1) is 22.3. The Morgan fingerprint density at radius 1 is 1.22 bits per heavy atom. The maximum absolute atomic E-state index is 13.5. The summed E-state index contributed by atoms with van der Waals surface area (Å²) in [5.41, 5.74) is 0.799. The third kappa shape index (κ3) is 4.22. The van der Waals surface area contributed by atoms with Crippen molar-refractivity contribution in [2.24, 2.45) is 0 Å². The number of hydrogen-bond donors (Lipinski definition) is 2. The monoisotopic (exact) mass is 477 g/mol. The minimum atomic E-state index is -3.96. The summed E-state index contributed by atoms with van der Waals surface area (Å²) >= 11 is 6.19. The molecule has 4 rings (SSSR count). The predicted octanol–water partition coefficient (Wildman–Crippen LogP) is 3.36. The molecule has 9 nitrogen and oxygen atoms in total. The van der Waals surface area contributed by atoms with Crippen molar-refractivity contribution in [2.45, 2.75) is 4.90 Å². The zero-order valence-corrected chi connectivity index (χ0v) is 18.6. The van der Waals surface area contributed by atoms with E-state index in [-0.39, 0.29) is 48.1 Å². The molecule has 3 aromatic rings. The molecule has 1 aliphatic rings. The third-order valence-corrected chi connectivity index (χ3v) is 7.25. The molecule has 0 aliphatic carbocycles. The highest BCUT2D eigenvalue weighted by molar-refractivity contribution is 7.89. The molecule has 1 fully saturated rings. The standard InChI is InChI=1S/C21H20ClN3O6S/c1-30-14-3-4-15(21(26)27)18(11-14)24-20-16-10-13(22)2-5-17(16)23-12-19(20)32(28,29)25-6-8-31-9-7-25/h2-5,10-12H,6-9H2,1H3,(H,23,24)(H,26,27). The Balaban J connectivity index is 1.94. The molecule has 32 heavy (non-hydrogen) atoms. The van der Waals surface area contributed by atoms with Crippen molar-refractivity contribution in [2.75, 3.05) is 38.7 Å². The highest BCUT2D eigenvalue weighted by Crippen LogP contribution is 2.36. The molecular weight excluding hydrogens is 458 g/mol. The smallest absolute Gasteiger partial charge is 0.337 e. The zero-order valence-electron chi connectivity index (χ0n) is 17.0. The van der Waals surface area contributed by atoms with Crippen LogP contribution in [-0.2, 0) is 14.8 Å². The van der Waals surface area contributed by atoms with Crippen molar-refractivity contribution in [1.82, 2.24) is 9.29 Å². The Hall–Kier alpha value is -2.92. The van der Waals surface area contributed by atoms with E-state index in [9.17, 15) is 18.3 Å². The topological polar surface area (TPSA) is 118 Å². The van der Waals surface area contributed by atoms with Crippen LogP contribution in [0, 0.1) is 0 Å². The van der Waals surface area contributed by atoms with E-state index in [0.29, 0.717) is 21.7 Å². The van der Waals surface area contributed by atoms with E-state index in [1.54, 1.807) is 18.2 Å². The first-order chi connectivity index (χ1) is 15.3. The van der Waals surface area contributed by atoms with Crippen LogP contribution in [0.2, 0.25) is 5.02 Å². The van der Waals surface area contributed by atoms with E-state index in [4.69, 9.17) is 21.1 Å². The molecule has 0 unspecified atom stereocenters. The number of aromatic nitrogens is 1. The van der Waals surface area contributed by atoms with E-state index >= 15 is 0 Å². The van der Waals surface area contributed by atoms with E-state index < -0.39 is 16.0 Å². The zero-order chi connectivity index (χ0) is 22.9. The second-order valence-electron chi connectivity index (χ2n) is 7.02. The maximum Gasteiger partial charge on any atom is 0.337 e. The molecule has 0 bridgehead atoms. The maximum atomic E-state index is 13.5. The van der Waals surface area contributed by atoms with Crippen LogP contribution in [0.25, 0.3) is 10.9 Å². The van der Waals surface area contributed by atoms with Crippen LogP contribution in [0.1, 0.15) is 10.4 Å². The summed E-state index contributed by atoms with van der Waals surface area (Å²) < 4.78 is 38.8. The fourth-order valence-corrected chi connectivity index (χ4v) is 5.16. The van der Waals surface area contributed by atoms with Gasteiger partial charge in [-0.25, -0.2) is 13.2 Å².